The molecule has 3 rings (SSSR count). The molecule has 5 heteroatoms. The van der Waals surface area contributed by atoms with Gasteiger partial charge in [0.15, 0.2) is 0 Å². The second kappa shape index (κ2) is 5.30. The molecule has 20 heavy (non-hydrogen) atoms. The van der Waals surface area contributed by atoms with Gasteiger partial charge in [0.2, 0.25) is 0 Å². The van der Waals surface area contributed by atoms with Crippen LogP contribution in [0.3, 0.4) is 0 Å². The van der Waals surface area contributed by atoms with Crippen molar-refractivity contribution in [2.45, 2.75) is 12.6 Å². The van der Waals surface area contributed by atoms with E-state index < -0.39 is 6.10 Å². The van der Waals surface area contributed by atoms with Crippen molar-refractivity contribution in [3.8, 4) is 5.75 Å². The van der Waals surface area contributed by atoms with Gasteiger partial charge in [0, 0.05) is 6.20 Å². The second-order valence-electron chi connectivity index (χ2n) is 4.49. The summed E-state index contributed by atoms with van der Waals surface area (Å²) in [5, 5.41) is 10.4. The van der Waals surface area contributed by atoms with Crippen LogP contribution in [0.2, 0.25) is 0 Å². The number of benzene rings is 1. The maximum absolute atomic E-state index is 10.4. The molecule has 0 aliphatic carbocycles. The van der Waals surface area contributed by atoms with Crippen LogP contribution in [0.25, 0.3) is 11.0 Å². The molecule has 2 aromatic heterocycles. The molecule has 2 heterocycles. The Morgan fingerprint density at radius 2 is 2.05 bits per heavy atom. The number of methoxy groups -OCH3 is 1. The minimum Gasteiger partial charge on any atom is -0.495 e. The third-order valence-electron chi connectivity index (χ3n) is 3.23. The van der Waals surface area contributed by atoms with Crippen LogP contribution in [0.4, 0.5) is 0 Å². The Labute approximate surface area is 116 Å². The van der Waals surface area contributed by atoms with Crippen molar-refractivity contribution < 1.29 is 9.84 Å². The van der Waals surface area contributed by atoms with Crippen LogP contribution >= 0.6 is 0 Å². The third-order valence-corrected chi connectivity index (χ3v) is 3.23. The molecule has 0 spiro atoms. The van der Waals surface area contributed by atoms with E-state index in [2.05, 4.69) is 9.97 Å². The molecule has 0 saturated heterocycles. The number of fused-ring (bicyclic) bond motifs is 1. The Bertz CT molecular complexity index is 724. The highest BCUT2D eigenvalue weighted by Crippen LogP contribution is 2.24. The molecule has 1 N–H and O–H groups in total. The standard InChI is InChI=1S/C15H15N3O2/c1-20-14-7-4-8-16-15(14)13(19)9-18-10-17-11-5-2-3-6-12(11)18/h2-8,10,13,19H,9H2,1H3. The zero-order chi connectivity index (χ0) is 13.9. The zero-order valence-corrected chi connectivity index (χ0v) is 11.1. The lowest BCUT2D eigenvalue weighted by atomic mass is 10.2. The minimum atomic E-state index is -0.747. The molecule has 0 amide bonds. The summed E-state index contributed by atoms with van der Waals surface area (Å²) in [5.41, 5.74) is 2.43. The van der Waals surface area contributed by atoms with Gasteiger partial charge in [0.05, 0.1) is 31.0 Å². The lowest BCUT2D eigenvalue weighted by Gasteiger charge is -2.14. The summed E-state index contributed by atoms with van der Waals surface area (Å²) >= 11 is 0. The summed E-state index contributed by atoms with van der Waals surface area (Å²) in [7, 11) is 1.57. The van der Waals surface area contributed by atoms with E-state index in [1.54, 1.807) is 31.8 Å². The van der Waals surface area contributed by atoms with Gasteiger partial charge >= 0.3 is 0 Å². The first-order valence-corrected chi connectivity index (χ1v) is 6.36. The first kappa shape index (κ1) is 12.6. The third kappa shape index (κ3) is 2.23. The SMILES string of the molecule is COc1cccnc1C(O)Cn1cnc2ccccc21. The number of hydrogen-bond acceptors (Lipinski definition) is 4. The van der Waals surface area contributed by atoms with Gasteiger partial charge < -0.3 is 14.4 Å². The van der Waals surface area contributed by atoms with Gasteiger partial charge in [-0.2, -0.15) is 0 Å². The maximum atomic E-state index is 10.4. The summed E-state index contributed by atoms with van der Waals surface area (Å²) in [6.45, 7) is 0.383. The van der Waals surface area contributed by atoms with Crippen molar-refractivity contribution in [3.63, 3.8) is 0 Å². The van der Waals surface area contributed by atoms with Crippen molar-refractivity contribution in [2.75, 3.05) is 7.11 Å². The van der Waals surface area contributed by atoms with Crippen molar-refractivity contribution in [3.05, 3.63) is 54.6 Å². The number of pyridine rings is 1. The average Bonchev–Trinajstić information content (AvgIpc) is 2.90. The van der Waals surface area contributed by atoms with E-state index in [-0.39, 0.29) is 0 Å². The molecule has 1 unspecified atom stereocenters. The quantitative estimate of drug-likeness (QED) is 0.788. The summed E-state index contributed by atoms with van der Waals surface area (Å²) in [6, 6.07) is 11.4. The topological polar surface area (TPSA) is 60.2 Å². The van der Waals surface area contributed by atoms with Crippen molar-refractivity contribution in [2.24, 2.45) is 0 Å². The number of aromatic nitrogens is 3. The van der Waals surface area contributed by atoms with E-state index in [1.165, 1.54) is 0 Å². The van der Waals surface area contributed by atoms with Gasteiger partial charge in [-0.25, -0.2) is 4.98 Å². The molecule has 0 aliphatic rings. The number of nitrogens with zero attached hydrogens (tertiary/aromatic N) is 3. The van der Waals surface area contributed by atoms with Crippen molar-refractivity contribution >= 4 is 11.0 Å². The molecule has 0 radical (unpaired) electrons. The number of para-hydroxylation sites is 2. The Morgan fingerprint density at radius 1 is 1.20 bits per heavy atom. The normalized spacial score (nSPS) is 12.5. The Morgan fingerprint density at radius 3 is 2.90 bits per heavy atom. The fourth-order valence-corrected chi connectivity index (χ4v) is 2.25. The fraction of sp³-hybridized carbons (Fsp3) is 0.200. The van der Waals surface area contributed by atoms with E-state index in [4.69, 9.17) is 4.74 Å². The average molecular weight is 269 g/mol. The summed E-state index contributed by atoms with van der Waals surface area (Å²) < 4.78 is 7.14. The maximum Gasteiger partial charge on any atom is 0.143 e. The second-order valence-corrected chi connectivity index (χ2v) is 4.49. The van der Waals surface area contributed by atoms with Crippen LogP contribution in [0.1, 0.15) is 11.8 Å². The Balaban J connectivity index is 1.90. The number of aliphatic hydroxyl groups excluding tert-OH is 1. The first-order valence-electron chi connectivity index (χ1n) is 6.36. The Hall–Kier alpha value is -2.40. The lowest BCUT2D eigenvalue weighted by molar-refractivity contribution is 0.149. The van der Waals surface area contributed by atoms with Crippen LogP contribution in [-0.4, -0.2) is 26.8 Å². The number of hydrogen-bond donors (Lipinski definition) is 1. The number of aliphatic hydroxyl groups is 1. The van der Waals surface area contributed by atoms with Crippen LogP contribution < -0.4 is 4.74 Å². The molecule has 1 aromatic carbocycles. The van der Waals surface area contributed by atoms with Gasteiger partial charge in [0.1, 0.15) is 17.5 Å². The summed E-state index contributed by atoms with van der Waals surface area (Å²) in [4.78, 5) is 8.51. The molecule has 0 aliphatic heterocycles. The molecular weight excluding hydrogens is 254 g/mol. The van der Waals surface area contributed by atoms with Crippen LogP contribution in [0, 0.1) is 0 Å². The van der Waals surface area contributed by atoms with Crippen LogP contribution in [-0.2, 0) is 6.54 Å². The molecule has 0 saturated carbocycles. The number of imidazole rings is 1. The molecule has 0 fully saturated rings. The van der Waals surface area contributed by atoms with Crippen LogP contribution in [0.5, 0.6) is 5.75 Å². The zero-order valence-electron chi connectivity index (χ0n) is 11.1. The first-order chi connectivity index (χ1) is 9.79. The summed E-state index contributed by atoms with van der Waals surface area (Å²) in [6.07, 6.45) is 2.62. The van der Waals surface area contributed by atoms with E-state index in [9.17, 15) is 5.11 Å². The van der Waals surface area contributed by atoms with E-state index in [1.807, 2.05) is 28.8 Å². The van der Waals surface area contributed by atoms with Gasteiger partial charge in [0.25, 0.3) is 0 Å². The summed E-state index contributed by atoms with van der Waals surface area (Å²) in [5.74, 6) is 0.587. The number of rotatable bonds is 4. The molecule has 3 aromatic rings. The smallest absolute Gasteiger partial charge is 0.143 e. The highest BCUT2D eigenvalue weighted by Gasteiger charge is 2.16. The minimum absolute atomic E-state index is 0.383. The van der Waals surface area contributed by atoms with Gasteiger partial charge in [-0.1, -0.05) is 12.1 Å². The predicted molar refractivity (Wildman–Crippen MR) is 75.5 cm³/mol. The van der Waals surface area contributed by atoms with Crippen molar-refractivity contribution in [1.82, 2.24) is 14.5 Å². The van der Waals surface area contributed by atoms with Gasteiger partial charge in [-0.3, -0.25) is 4.98 Å². The highest BCUT2D eigenvalue weighted by atomic mass is 16.5. The predicted octanol–water partition coefficient (Wildman–Crippen LogP) is 2.17. The van der Waals surface area contributed by atoms with E-state index in [0.29, 0.717) is 18.0 Å². The highest BCUT2D eigenvalue weighted by molar-refractivity contribution is 5.74. The number of ether oxygens (including phenoxy) is 1. The van der Waals surface area contributed by atoms with Crippen LogP contribution in [0.15, 0.2) is 48.9 Å². The molecule has 102 valence electrons. The molecule has 5 nitrogen and oxygen atoms in total. The molecule has 1 atom stereocenters. The monoisotopic (exact) mass is 269 g/mol. The van der Waals surface area contributed by atoms with E-state index in [0.717, 1.165) is 11.0 Å². The van der Waals surface area contributed by atoms with E-state index >= 15 is 0 Å². The lowest BCUT2D eigenvalue weighted by Crippen LogP contribution is -2.10. The molecule has 0 bridgehead atoms. The largest absolute Gasteiger partial charge is 0.495 e. The Kier molecular flexibility index (Phi) is 3.35. The molecular formula is C15H15N3O2. The van der Waals surface area contributed by atoms with Gasteiger partial charge in [-0.15, -0.1) is 0 Å². The van der Waals surface area contributed by atoms with Gasteiger partial charge in [-0.05, 0) is 24.3 Å². The van der Waals surface area contributed by atoms with Crippen molar-refractivity contribution in [1.29, 1.82) is 0 Å². The fourth-order valence-electron chi connectivity index (χ4n) is 2.25.